The van der Waals surface area contributed by atoms with Crippen LogP contribution in [-0.4, -0.2) is 50.3 Å². The molecule has 0 saturated carbocycles. The number of furan rings is 1. The molecular weight excluding hydrogens is 302 g/mol. The van der Waals surface area contributed by atoms with Crippen molar-refractivity contribution in [3.8, 4) is 0 Å². The highest BCUT2D eigenvalue weighted by Crippen LogP contribution is 2.24. The highest BCUT2D eigenvalue weighted by molar-refractivity contribution is 7.87. The Morgan fingerprint density at radius 1 is 1.32 bits per heavy atom. The van der Waals surface area contributed by atoms with E-state index >= 15 is 0 Å². The molecular formula is C15H27N3O3S. The normalized spacial score (nSPS) is 19.0. The Bertz CT molecular complexity index is 536. The van der Waals surface area contributed by atoms with Crippen molar-refractivity contribution in [1.82, 2.24) is 13.9 Å². The van der Waals surface area contributed by atoms with Crippen LogP contribution in [0.3, 0.4) is 0 Å². The zero-order valence-corrected chi connectivity index (χ0v) is 14.5. The maximum atomic E-state index is 12.3. The molecule has 7 heteroatoms. The van der Waals surface area contributed by atoms with E-state index in [1.54, 1.807) is 13.3 Å². The summed E-state index contributed by atoms with van der Waals surface area (Å²) < 4.78 is 34.2. The summed E-state index contributed by atoms with van der Waals surface area (Å²) in [6.07, 6.45) is 5.18. The summed E-state index contributed by atoms with van der Waals surface area (Å²) in [7, 11) is -1.88. The summed E-state index contributed by atoms with van der Waals surface area (Å²) in [6, 6.07) is 3.64. The minimum atomic E-state index is -3.47. The monoisotopic (exact) mass is 329 g/mol. The molecule has 6 nitrogen and oxygen atoms in total. The lowest BCUT2D eigenvalue weighted by Crippen LogP contribution is -2.46. The highest BCUT2D eigenvalue weighted by atomic mass is 32.2. The second-order valence-electron chi connectivity index (χ2n) is 6.09. The van der Waals surface area contributed by atoms with Crippen LogP contribution in [0.5, 0.6) is 0 Å². The van der Waals surface area contributed by atoms with E-state index in [9.17, 15) is 8.42 Å². The molecule has 0 spiro atoms. The molecule has 1 aliphatic rings. The van der Waals surface area contributed by atoms with Gasteiger partial charge in [0, 0.05) is 19.6 Å². The SMILES string of the molecule is CC(C)N(C)S(=O)(=O)NCC(c1ccco1)N1CCCCC1. The molecule has 2 rings (SSSR count). The van der Waals surface area contributed by atoms with E-state index in [4.69, 9.17) is 4.42 Å². The van der Waals surface area contributed by atoms with Gasteiger partial charge in [-0.2, -0.15) is 12.7 Å². The Labute approximate surface area is 133 Å². The number of nitrogens with one attached hydrogen (secondary N) is 1. The molecule has 1 unspecified atom stereocenters. The van der Waals surface area contributed by atoms with Crippen molar-refractivity contribution in [3.05, 3.63) is 24.2 Å². The lowest BCUT2D eigenvalue weighted by Gasteiger charge is -2.34. The molecule has 1 aromatic rings. The van der Waals surface area contributed by atoms with Crippen LogP contribution in [0.25, 0.3) is 0 Å². The zero-order valence-electron chi connectivity index (χ0n) is 13.7. The van der Waals surface area contributed by atoms with Crippen molar-refractivity contribution in [3.63, 3.8) is 0 Å². The van der Waals surface area contributed by atoms with E-state index in [-0.39, 0.29) is 12.1 Å². The van der Waals surface area contributed by atoms with Crippen LogP contribution < -0.4 is 4.72 Å². The summed E-state index contributed by atoms with van der Waals surface area (Å²) in [5, 5.41) is 0. The van der Waals surface area contributed by atoms with Crippen LogP contribution >= 0.6 is 0 Å². The molecule has 2 heterocycles. The van der Waals surface area contributed by atoms with Crippen molar-refractivity contribution in [2.75, 3.05) is 26.7 Å². The summed E-state index contributed by atoms with van der Waals surface area (Å²) in [5.41, 5.74) is 0. The summed E-state index contributed by atoms with van der Waals surface area (Å²) in [5.74, 6) is 0.816. The van der Waals surface area contributed by atoms with Gasteiger partial charge in [-0.15, -0.1) is 0 Å². The van der Waals surface area contributed by atoms with Crippen LogP contribution in [0.1, 0.15) is 44.9 Å². The lowest BCUT2D eigenvalue weighted by atomic mass is 10.1. The van der Waals surface area contributed by atoms with E-state index in [1.165, 1.54) is 10.7 Å². The van der Waals surface area contributed by atoms with Crippen LogP contribution in [0.15, 0.2) is 22.8 Å². The lowest BCUT2D eigenvalue weighted by molar-refractivity contribution is 0.146. The number of hydrogen-bond donors (Lipinski definition) is 1. The van der Waals surface area contributed by atoms with Gasteiger partial charge in [-0.25, -0.2) is 4.72 Å². The highest BCUT2D eigenvalue weighted by Gasteiger charge is 2.27. The number of hydrogen-bond acceptors (Lipinski definition) is 4. The van der Waals surface area contributed by atoms with E-state index < -0.39 is 10.2 Å². The molecule has 1 atom stereocenters. The second-order valence-corrected chi connectivity index (χ2v) is 7.91. The van der Waals surface area contributed by atoms with E-state index in [0.29, 0.717) is 6.54 Å². The molecule has 126 valence electrons. The first-order valence-electron chi connectivity index (χ1n) is 7.92. The molecule has 0 aromatic carbocycles. The van der Waals surface area contributed by atoms with Gasteiger partial charge in [0.1, 0.15) is 5.76 Å². The van der Waals surface area contributed by atoms with Crippen molar-refractivity contribution in [1.29, 1.82) is 0 Å². The minimum absolute atomic E-state index is 0.0503. The molecule has 1 aliphatic heterocycles. The first-order chi connectivity index (χ1) is 10.4. The van der Waals surface area contributed by atoms with Crippen molar-refractivity contribution >= 4 is 10.2 Å². The Balaban J connectivity index is 2.07. The van der Waals surface area contributed by atoms with Gasteiger partial charge in [0.2, 0.25) is 0 Å². The first kappa shape index (κ1) is 17.5. The summed E-state index contributed by atoms with van der Waals surface area (Å²) in [4.78, 5) is 2.31. The number of likely N-dealkylation sites (tertiary alicyclic amines) is 1. The van der Waals surface area contributed by atoms with Crippen molar-refractivity contribution in [2.24, 2.45) is 0 Å². The Kier molecular flexibility index (Phi) is 6.02. The van der Waals surface area contributed by atoms with Gasteiger partial charge in [0.25, 0.3) is 10.2 Å². The predicted octanol–water partition coefficient (Wildman–Crippen LogP) is 1.98. The van der Waals surface area contributed by atoms with Gasteiger partial charge in [-0.1, -0.05) is 6.42 Å². The van der Waals surface area contributed by atoms with Crippen LogP contribution in [0.2, 0.25) is 0 Å². The van der Waals surface area contributed by atoms with Crippen LogP contribution in [0, 0.1) is 0 Å². The number of piperidine rings is 1. The molecule has 1 aromatic heterocycles. The number of nitrogens with zero attached hydrogens (tertiary/aromatic N) is 2. The van der Waals surface area contributed by atoms with Crippen LogP contribution in [0.4, 0.5) is 0 Å². The topological polar surface area (TPSA) is 65.8 Å². The fraction of sp³-hybridized carbons (Fsp3) is 0.733. The molecule has 0 amide bonds. The molecule has 1 saturated heterocycles. The fourth-order valence-corrected chi connectivity index (χ4v) is 3.81. The van der Waals surface area contributed by atoms with E-state index in [2.05, 4.69) is 9.62 Å². The predicted molar refractivity (Wildman–Crippen MR) is 86.7 cm³/mol. The first-order valence-corrected chi connectivity index (χ1v) is 9.36. The van der Waals surface area contributed by atoms with Crippen LogP contribution in [-0.2, 0) is 10.2 Å². The quantitative estimate of drug-likeness (QED) is 0.831. The van der Waals surface area contributed by atoms with Gasteiger partial charge in [-0.05, 0) is 51.9 Å². The second kappa shape index (κ2) is 7.59. The average molecular weight is 329 g/mol. The Morgan fingerprint density at radius 2 is 2.00 bits per heavy atom. The maximum absolute atomic E-state index is 12.3. The molecule has 0 radical (unpaired) electrons. The fourth-order valence-electron chi connectivity index (χ4n) is 2.68. The van der Waals surface area contributed by atoms with Gasteiger partial charge in [0.05, 0.1) is 12.3 Å². The smallest absolute Gasteiger partial charge is 0.279 e. The number of rotatable bonds is 7. The van der Waals surface area contributed by atoms with E-state index in [0.717, 1.165) is 31.7 Å². The molecule has 0 bridgehead atoms. The Hall–Kier alpha value is -0.890. The van der Waals surface area contributed by atoms with Gasteiger partial charge in [0.15, 0.2) is 0 Å². The van der Waals surface area contributed by atoms with Crippen molar-refractivity contribution < 1.29 is 12.8 Å². The largest absolute Gasteiger partial charge is 0.468 e. The van der Waals surface area contributed by atoms with Crippen molar-refractivity contribution in [2.45, 2.75) is 45.2 Å². The molecule has 1 N–H and O–H groups in total. The third-order valence-electron chi connectivity index (χ3n) is 4.27. The minimum Gasteiger partial charge on any atom is -0.468 e. The summed E-state index contributed by atoms with van der Waals surface area (Å²) >= 11 is 0. The summed E-state index contributed by atoms with van der Waals surface area (Å²) in [6.45, 7) is 5.99. The van der Waals surface area contributed by atoms with Gasteiger partial charge < -0.3 is 4.42 Å². The Morgan fingerprint density at radius 3 is 2.55 bits per heavy atom. The zero-order chi connectivity index (χ0) is 16.2. The average Bonchev–Trinajstić information content (AvgIpc) is 3.01. The standard InChI is InChI=1S/C15H27N3O3S/c1-13(2)17(3)22(19,20)16-12-14(15-8-7-11-21-15)18-9-5-4-6-10-18/h7-8,11,13-14,16H,4-6,9-10,12H2,1-3H3. The van der Waals surface area contributed by atoms with Gasteiger partial charge in [-0.3, -0.25) is 4.90 Å². The van der Waals surface area contributed by atoms with Gasteiger partial charge >= 0.3 is 0 Å². The third-order valence-corrected chi connectivity index (χ3v) is 5.98. The van der Waals surface area contributed by atoms with E-state index in [1.807, 2.05) is 26.0 Å². The molecule has 22 heavy (non-hydrogen) atoms. The molecule has 1 fully saturated rings. The molecule has 0 aliphatic carbocycles. The maximum Gasteiger partial charge on any atom is 0.279 e. The third kappa shape index (κ3) is 4.32.